The maximum absolute atomic E-state index is 12.8. The van der Waals surface area contributed by atoms with Gasteiger partial charge in [-0.05, 0) is 42.0 Å². The molecule has 0 heterocycles. The van der Waals surface area contributed by atoms with Gasteiger partial charge in [0.2, 0.25) is 0 Å². The molecule has 0 amide bonds. The lowest BCUT2D eigenvalue weighted by Gasteiger charge is -2.05. The van der Waals surface area contributed by atoms with E-state index in [2.05, 4.69) is 0 Å². The highest BCUT2D eigenvalue weighted by molar-refractivity contribution is 6.30. The zero-order chi connectivity index (χ0) is 15.9. The van der Waals surface area contributed by atoms with Crippen molar-refractivity contribution in [3.05, 3.63) is 70.5 Å². The second-order valence-electron chi connectivity index (χ2n) is 4.72. The Labute approximate surface area is 132 Å². The number of benzene rings is 2. The van der Waals surface area contributed by atoms with Gasteiger partial charge in [0.25, 0.3) is 0 Å². The molecule has 5 heteroatoms. The average molecular weight is 321 g/mol. The molecule has 0 atom stereocenters. The fourth-order valence-corrected chi connectivity index (χ4v) is 1.94. The molecule has 2 aromatic rings. The van der Waals surface area contributed by atoms with Crippen molar-refractivity contribution >= 4 is 23.4 Å². The summed E-state index contributed by atoms with van der Waals surface area (Å²) in [5.41, 5.74) is 1.20. The Hall–Kier alpha value is -2.20. The van der Waals surface area contributed by atoms with Crippen molar-refractivity contribution in [2.45, 2.75) is 19.4 Å². The number of carbonyl (C=O) groups is 2. The zero-order valence-corrected chi connectivity index (χ0v) is 12.5. The van der Waals surface area contributed by atoms with Crippen LogP contribution in [-0.4, -0.2) is 11.8 Å². The van der Waals surface area contributed by atoms with E-state index < -0.39 is 11.8 Å². The van der Waals surface area contributed by atoms with Crippen molar-refractivity contribution in [2.24, 2.45) is 0 Å². The first-order chi connectivity index (χ1) is 10.5. The van der Waals surface area contributed by atoms with E-state index >= 15 is 0 Å². The normalized spacial score (nSPS) is 10.3. The summed E-state index contributed by atoms with van der Waals surface area (Å²) in [5.74, 6) is -1.08. The van der Waals surface area contributed by atoms with Crippen molar-refractivity contribution in [3.63, 3.8) is 0 Å². The van der Waals surface area contributed by atoms with Crippen molar-refractivity contribution in [2.75, 3.05) is 0 Å². The Bertz CT molecular complexity index is 651. The van der Waals surface area contributed by atoms with Crippen LogP contribution >= 0.6 is 11.6 Å². The molecule has 0 bridgehead atoms. The molecule has 0 aliphatic heterocycles. The maximum Gasteiger partial charge on any atom is 0.306 e. The third-order valence-corrected chi connectivity index (χ3v) is 3.29. The van der Waals surface area contributed by atoms with Gasteiger partial charge in [-0.15, -0.1) is 0 Å². The maximum atomic E-state index is 12.8. The molecule has 0 N–H and O–H groups in total. The van der Waals surface area contributed by atoms with Crippen molar-refractivity contribution in [1.82, 2.24) is 0 Å². The van der Waals surface area contributed by atoms with Crippen LogP contribution in [0.4, 0.5) is 4.39 Å². The van der Waals surface area contributed by atoms with E-state index in [1.54, 1.807) is 24.3 Å². The van der Waals surface area contributed by atoms with Crippen LogP contribution in [0.5, 0.6) is 0 Å². The molecule has 0 fully saturated rings. The highest BCUT2D eigenvalue weighted by Crippen LogP contribution is 2.11. The number of esters is 1. The smallest absolute Gasteiger partial charge is 0.306 e. The molecule has 2 rings (SSSR count). The molecule has 0 aliphatic carbocycles. The lowest BCUT2D eigenvalue weighted by atomic mass is 10.1. The highest BCUT2D eigenvalue weighted by Gasteiger charge is 2.10. The summed E-state index contributed by atoms with van der Waals surface area (Å²) in [6.45, 7) is 0.140. The molecule has 22 heavy (non-hydrogen) atoms. The minimum Gasteiger partial charge on any atom is -0.461 e. The Morgan fingerprint density at radius 2 is 1.59 bits per heavy atom. The monoisotopic (exact) mass is 320 g/mol. The Kier molecular flexibility index (Phi) is 5.67. The van der Waals surface area contributed by atoms with E-state index in [1.165, 1.54) is 24.3 Å². The summed E-state index contributed by atoms with van der Waals surface area (Å²) < 4.78 is 17.8. The topological polar surface area (TPSA) is 43.4 Å². The van der Waals surface area contributed by atoms with Gasteiger partial charge in [-0.25, -0.2) is 4.39 Å². The predicted octanol–water partition coefficient (Wildman–Crippen LogP) is 4.19. The number of halogens is 2. The van der Waals surface area contributed by atoms with Crippen LogP contribution in [0.3, 0.4) is 0 Å². The number of rotatable bonds is 6. The van der Waals surface area contributed by atoms with Crippen molar-refractivity contribution in [3.8, 4) is 0 Å². The third kappa shape index (κ3) is 4.97. The van der Waals surface area contributed by atoms with Gasteiger partial charge < -0.3 is 4.74 Å². The first kappa shape index (κ1) is 16.2. The summed E-state index contributed by atoms with van der Waals surface area (Å²) in [6.07, 6.45) is 0.0227. The molecule has 0 saturated heterocycles. The molecular formula is C17H14ClFO3. The van der Waals surface area contributed by atoms with E-state index in [0.29, 0.717) is 10.6 Å². The Morgan fingerprint density at radius 3 is 2.23 bits per heavy atom. The lowest BCUT2D eigenvalue weighted by molar-refractivity contribution is -0.144. The summed E-state index contributed by atoms with van der Waals surface area (Å²) in [7, 11) is 0. The fraction of sp³-hybridized carbons (Fsp3) is 0.176. The first-order valence-corrected chi connectivity index (χ1v) is 7.11. The predicted molar refractivity (Wildman–Crippen MR) is 81.2 cm³/mol. The van der Waals surface area contributed by atoms with Crippen molar-refractivity contribution < 1.29 is 18.7 Å². The minimum absolute atomic E-state index is 0.0101. The molecule has 0 saturated carbocycles. The molecule has 0 aliphatic rings. The van der Waals surface area contributed by atoms with Crippen LogP contribution in [0.25, 0.3) is 0 Å². The summed E-state index contributed by atoms with van der Waals surface area (Å²) in [5, 5.41) is 0.611. The molecule has 0 aromatic heterocycles. The number of hydrogen-bond donors (Lipinski definition) is 0. The standard InChI is InChI=1S/C17H14ClFO3/c18-14-5-1-12(2-6-14)11-22-17(21)10-9-16(20)13-3-7-15(19)8-4-13/h1-8H,9-11H2. The quantitative estimate of drug-likeness (QED) is 0.592. The summed E-state index contributed by atoms with van der Waals surface area (Å²) in [6, 6.07) is 12.2. The van der Waals surface area contributed by atoms with E-state index in [4.69, 9.17) is 16.3 Å². The van der Waals surface area contributed by atoms with Crippen LogP contribution in [-0.2, 0) is 16.1 Å². The fourth-order valence-electron chi connectivity index (χ4n) is 1.81. The lowest BCUT2D eigenvalue weighted by Crippen LogP contribution is -2.08. The zero-order valence-electron chi connectivity index (χ0n) is 11.7. The van der Waals surface area contributed by atoms with E-state index in [-0.39, 0.29) is 25.2 Å². The Balaban J connectivity index is 1.76. The molecule has 0 unspecified atom stereocenters. The van der Waals surface area contributed by atoms with E-state index in [9.17, 15) is 14.0 Å². The number of carbonyl (C=O) groups excluding carboxylic acids is 2. The van der Waals surface area contributed by atoms with Gasteiger partial charge in [0.1, 0.15) is 12.4 Å². The second kappa shape index (κ2) is 7.71. The molecule has 114 valence electrons. The van der Waals surface area contributed by atoms with Gasteiger partial charge >= 0.3 is 5.97 Å². The molecular weight excluding hydrogens is 307 g/mol. The molecule has 0 radical (unpaired) electrons. The first-order valence-electron chi connectivity index (χ1n) is 6.73. The van der Waals surface area contributed by atoms with Crippen LogP contribution in [0.1, 0.15) is 28.8 Å². The molecule has 3 nitrogen and oxygen atoms in total. The number of hydrogen-bond acceptors (Lipinski definition) is 3. The van der Waals surface area contributed by atoms with Gasteiger partial charge in [0, 0.05) is 17.0 Å². The SMILES string of the molecule is O=C(CCC(=O)c1ccc(F)cc1)OCc1ccc(Cl)cc1. The van der Waals surface area contributed by atoms with E-state index in [1.807, 2.05) is 0 Å². The van der Waals surface area contributed by atoms with Crippen LogP contribution in [0.15, 0.2) is 48.5 Å². The number of Topliss-reactive ketones (excluding diaryl/α,β-unsaturated/α-hetero) is 1. The van der Waals surface area contributed by atoms with Gasteiger partial charge in [0.15, 0.2) is 5.78 Å². The minimum atomic E-state index is -0.453. The number of ether oxygens (including phenoxy) is 1. The van der Waals surface area contributed by atoms with Crippen LogP contribution in [0, 0.1) is 5.82 Å². The van der Waals surface area contributed by atoms with E-state index in [0.717, 1.165) is 5.56 Å². The average Bonchev–Trinajstić information content (AvgIpc) is 2.52. The highest BCUT2D eigenvalue weighted by atomic mass is 35.5. The third-order valence-electron chi connectivity index (χ3n) is 3.04. The number of ketones is 1. The van der Waals surface area contributed by atoms with Gasteiger partial charge in [-0.1, -0.05) is 23.7 Å². The van der Waals surface area contributed by atoms with Crippen LogP contribution < -0.4 is 0 Å². The van der Waals surface area contributed by atoms with Gasteiger partial charge in [-0.2, -0.15) is 0 Å². The summed E-state index contributed by atoms with van der Waals surface area (Å²) >= 11 is 5.76. The van der Waals surface area contributed by atoms with Crippen molar-refractivity contribution in [1.29, 1.82) is 0 Å². The Morgan fingerprint density at radius 1 is 0.955 bits per heavy atom. The van der Waals surface area contributed by atoms with Gasteiger partial charge in [0.05, 0.1) is 6.42 Å². The molecule has 0 spiro atoms. The van der Waals surface area contributed by atoms with Crippen LogP contribution in [0.2, 0.25) is 5.02 Å². The summed E-state index contributed by atoms with van der Waals surface area (Å²) in [4.78, 5) is 23.4. The van der Waals surface area contributed by atoms with Gasteiger partial charge in [-0.3, -0.25) is 9.59 Å². The molecule has 2 aromatic carbocycles. The second-order valence-corrected chi connectivity index (χ2v) is 5.15. The largest absolute Gasteiger partial charge is 0.461 e.